The minimum atomic E-state index is -0.495. The highest BCUT2D eigenvalue weighted by Gasteiger charge is 2.16. The van der Waals surface area contributed by atoms with Gasteiger partial charge in [-0.05, 0) is 30.2 Å². The number of ether oxygens (including phenoxy) is 1. The predicted octanol–water partition coefficient (Wildman–Crippen LogP) is 2.83. The molecule has 33 heavy (non-hydrogen) atoms. The van der Waals surface area contributed by atoms with E-state index in [1.807, 2.05) is 13.8 Å². The lowest BCUT2D eigenvalue weighted by molar-refractivity contribution is -0.113. The van der Waals surface area contributed by atoms with Gasteiger partial charge in [0.1, 0.15) is 6.61 Å². The molecule has 0 bridgehead atoms. The summed E-state index contributed by atoms with van der Waals surface area (Å²) in [6.45, 7) is 4.44. The van der Waals surface area contributed by atoms with Gasteiger partial charge in [-0.3, -0.25) is 9.59 Å². The van der Waals surface area contributed by atoms with Crippen LogP contribution in [-0.2, 0) is 11.4 Å². The van der Waals surface area contributed by atoms with Crippen molar-refractivity contribution < 1.29 is 18.7 Å². The van der Waals surface area contributed by atoms with E-state index in [1.165, 1.54) is 16.8 Å². The molecule has 0 radical (unpaired) electrons. The van der Waals surface area contributed by atoms with Crippen LogP contribution in [0.15, 0.2) is 53.7 Å². The van der Waals surface area contributed by atoms with Gasteiger partial charge in [-0.25, -0.2) is 9.07 Å². The highest BCUT2D eigenvalue weighted by atomic mass is 32.2. The molecule has 3 rings (SSSR count). The first kappa shape index (κ1) is 24.1. The van der Waals surface area contributed by atoms with Gasteiger partial charge in [-0.1, -0.05) is 49.9 Å². The van der Waals surface area contributed by atoms with Gasteiger partial charge >= 0.3 is 0 Å². The van der Waals surface area contributed by atoms with Crippen molar-refractivity contribution in [2.45, 2.75) is 25.6 Å². The van der Waals surface area contributed by atoms with Gasteiger partial charge in [-0.2, -0.15) is 0 Å². The Bertz CT molecular complexity index is 1120. The summed E-state index contributed by atoms with van der Waals surface area (Å²) in [6.07, 6.45) is 0. The predicted molar refractivity (Wildman–Crippen MR) is 124 cm³/mol. The van der Waals surface area contributed by atoms with E-state index in [0.717, 1.165) is 11.8 Å². The number of hydrogen-bond donors (Lipinski definition) is 3. The molecular formula is C22H25FN6O3S. The lowest BCUT2D eigenvalue weighted by Gasteiger charge is -2.12. The zero-order valence-corrected chi connectivity index (χ0v) is 19.1. The number of thioether (sulfide) groups is 1. The number of nitrogen functional groups attached to an aromatic ring is 1. The molecule has 0 atom stereocenters. The van der Waals surface area contributed by atoms with Crippen LogP contribution in [0, 0.1) is 11.7 Å². The van der Waals surface area contributed by atoms with Gasteiger partial charge in [0, 0.05) is 6.54 Å². The van der Waals surface area contributed by atoms with Gasteiger partial charge in [0.2, 0.25) is 11.1 Å². The number of nitrogens with zero attached hydrogens (tertiary/aromatic N) is 3. The average Bonchev–Trinajstić information content (AvgIpc) is 3.15. The first-order valence-electron chi connectivity index (χ1n) is 10.2. The second-order valence-electron chi connectivity index (χ2n) is 7.47. The summed E-state index contributed by atoms with van der Waals surface area (Å²) in [6, 6.07) is 12.8. The number of aromatic nitrogens is 3. The maximum atomic E-state index is 13.7. The van der Waals surface area contributed by atoms with E-state index in [1.54, 1.807) is 36.4 Å². The van der Waals surface area contributed by atoms with Gasteiger partial charge in [0.25, 0.3) is 5.91 Å². The van der Waals surface area contributed by atoms with Gasteiger partial charge in [0.15, 0.2) is 17.4 Å². The lowest BCUT2D eigenvalue weighted by Crippen LogP contribution is -2.28. The molecule has 1 aromatic heterocycles. The number of rotatable bonds is 10. The fourth-order valence-corrected chi connectivity index (χ4v) is 3.38. The number of benzene rings is 2. The third-order valence-electron chi connectivity index (χ3n) is 4.38. The monoisotopic (exact) mass is 472 g/mol. The number of carbonyl (C=O) groups excluding carboxylic acids is 2. The van der Waals surface area contributed by atoms with Crippen molar-refractivity contribution in [1.29, 1.82) is 0 Å². The Kier molecular flexibility index (Phi) is 8.25. The van der Waals surface area contributed by atoms with E-state index in [-0.39, 0.29) is 35.7 Å². The average molecular weight is 473 g/mol. The van der Waals surface area contributed by atoms with E-state index < -0.39 is 5.82 Å². The van der Waals surface area contributed by atoms with Crippen LogP contribution in [0.1, 0.15) is 30.0 Å². The summed E-state index contributed by atoms with van der Waals surface area (Å²) in [5.74, 6) is 5.54. The summed E-state index contributed by atoms with van der Waals surface area (Å²) in [5.41, 5.74) is 0.795. The normalized spacial score (nSPS) is 10.8. The standard InChI is InChI=1S/C22H25FN6O3S/c1-14(2)11-25-21(31)15-7-3-5-9-17(15)26-20(30)13-33-22-28-27-19(29(22)24)12-32-18-10-6-4-8-16(18)23/h3-10,14H,11-13,24H2,1-2H3,(H,25,31)(H,26,30). The molecule has 0 aliphatic carbocycles. The first-order valence-corrected chi connectivity index (χ1v) is 11.2. The fraction of sp³-hybridized carbons (Fsp3) is 0.273. The van der Waals surface area contributed by atoms with Crippen LogP contribution in [0.3, 0.4) is 0 Å². The Labute approximate surface area is 194 Å². The first-order chi connectivity index (χ1) is 15.8. The molecule has 4 N–H and O–H groups in total. The molecule has 1 heterocycles. The van der Waals surface area contributed by atoms with Gasteiger partial charge in [-0.15, -0.1) is 10.2 Å². The summed E-state index contributed by atoms with van der Waals surface area (Å²) < 4.78 is 20.2. The largest absolute Gasteiger partial charge is 0.482 e. The van der Waals surface area contributed by atoms with E-state index >= 15 is 0 Å². The van der Waals surface area contributed by atoms with Crippen LogP contribution in [0.5, 0.6) is 5.75 Å². The molecule has 9 nitrogen and oxygen atoms in total. The lowest BCUT2D eigenvalue weighted by atomic mass is 10.1. The van der Waals surface area contributed by atoms with E-state index in [0.29, 0.717) is 28.9 Å². The Morgan fingerprint density at radius 2 is 1.88 bits per heavy atom. The van der Waals surface area contributed by atoms with E-state index in [4.69, 9.17) is 10.6 Å². The third kappa shape index (κ3) is 6.69. The molecule has 2 aromatic carbocycles. The Balaban J connectivity index is 1.56. The Morgan fingerprint density at radius 3 is 2.64 bits per heavy atom. The number of carbonyl (C=O) groups is 2. The molecule has 0 saturated carbocycles. The summed E-state index contributed by atoms with van der Waals surface area (Å²) >= 11 is 1.07. The van der Waals surface area contributed by atoms with Crippen LogP contribution < -0.4 is 21.2 Å². The molecule has 174 valence electrons. The second kappa shape index (κ2) is 11.3. The molecule has 0 unspecified atom stereocenters. The van der Waals surface area contributed by atoms with E-state index in [2.05, 4.69) is 20.8 Å². The van der Waals surface area contributed by atoms with Crippen molar-refractivity contribution in [2.75, 3.05) is 23.5 Å². The molecule has 3 aromatic rings. The van der Waals surface area contributed by atoms with Crippen molar-refractivity contribution in [3.05, 3.63) is 65.7 Å². The molecule has 11 heteroatoms. The summed E-state index contributed by atoms with van der Waals surface area (Å²) in [5, 5.41) is 13.8. The maximum Gasteiger partial charge on any atom is 0.253 e. The fourth-order valence-electron chi connectivity index (χ4n) is 2.71. The molecule has 0 saturated heterocycles. The maximum absolute atomic E-state index is 13.7. The number of amides is 2. The van der Waals surface area contributed by atoms with Crippen molar-refractivity contribution in [2.24, 2.45) is 5.92 Å². The number of anilines is 1. The molecule has 0 aliphatic rings. The smallest absolute Gasteiger partial charge is 0.253 e. The topological polar surface area (TPSA) is 124 Å². The minimum Gasteiger partial charge on any atom is -0.482 e. The molecule has 0 spiro atoms. The van der Waals surface area contributed by atoms with Crippen LogP contribution >= 0.6 is 11.8 Å². The van der Waals surface area contributed by atoms with Gasteiger partial charge in [0.05, 0.1) is 17.0 Å². The Hall–Kier alpha value is -3.60. The highest BCUT2D eigenvalue weighted by molar-refractivity contribution is 7.99. The van der Waals surface area contributed by atoms with Gasteiger partial charge < -0.3 is 21.2 Å². The Morgan fingerprint density at radius 1 is 1.15 bits per heavy atom. The number of para-hydroxylation sites is 2. The van der Waals surface area contributed by atoms with Crippen LogP contribution in [0.4, 0.5) is 10.1 Å². The molecule has 0 fully saturated rings. The van der Waals surface area contributed by atoms with Crippen molar-refractivity contribution in [3.63, 3.8) is 0 Å². The summed E-state index contributed by atoms with van der Waals surface area (Å²) in [4.78, 5) is 24.9. The van der Waals surface area contributed by atoms with Crippen molar-refractivity contribution in [1.82, 2.24) is 20.2 Å². The van der Waals surface area contributed by atoms with Crippen molar-refractivity contribution >= 4 is 29.3 Å². The number of hydrogen-bond acceptors (Lipinski definition) is 7. The number of nitrogens with one attached hydrogen (secondary N) is 2. The second-order valence-corrected chi connectivity index (χ2v) is 8.42. The zero-order valence-electron chi connectivity index (χ0n) is 18.2. The summed E-state index contributed by atoms with van der Waals surface area (Å²) in [7, 11) is 0. The molecular weight excluding hydrogens is 447 g/mol. The van der Waals surface area contributed by atoms with Crippen molar-refractivity contribution in [3.8, 4) is 5.75 Å². The van der Waals surface area contributed by atoms with Crippen LogP contribution in [0.25, 0.3) is 0 Å². The quantitative estimate of drug-likeness (QED) is 0.306. The number of nitrogens with two attached hydrogens (primary N) is 1. The SMILES string of the molecule is CC(C)CNC(=O)c1ccccc1NC(=O)CSc1nnc(COc2ccccc2F)n1N. The molecule has 0 aliphatic heterocycles. The highest BCUT2D eigenvalue weighted by Crippen LogP contribution is 2.20. The van der Waals surface area contributed by atoms with Crippen LogP contribution in [0.2, 0.25) is 0 Å². The molecule has 2 amide bonds. The minimum absolute atomic E-state index is 0.00848. The van der Waals surface area contributed by atoms with Crippen LogP contribution in [-0.4, -0.2) is 39.0 Å². The third-order valence-corrected chi connectivity index (χ3v) is 5.32. The van der Waals surface area contributed by atoms with E-state index in [9.17, 15) is 14.0 Å². The zero-order chi connectivity index (χ0) is 23.8. The number of halogens is 1.